The van der Waals surface area contributed by atoms with E-state index in [1.54, 1.807) is 0 Å². The molecule has 0 aromatic carbocycles. The van der Waals surface area contributed by atoms with Gasteiger partial charge in [-0.05, 0) is 11.6 Å². The minimum Gasteiger partial charge on any atom is -0.255 e. The number of hydrogen-bond donors (Lipinski definition) is 0. The zero-order valence-electron chi connectivity index (χ0n) is 8.68. The lowest BCUT2D eigenvalue weighted by Gasteiger charge is -2.10. The van der Waals surface area contributed by atoms with Crippen molar-refractivity contribution in [1.29, 1.82) is 5.26 Å². The number of rotatable bonds is 3. The number of halogens is 3. The van der Waals surface area contributed by atoms with Crippen LogP contribution in [0.4, 0.5) is 8.78 Å². The highest BCUT2D eigenvalue weighted by Gasteiger charge is 2.19. The van der Waals surface area contributed by atoms with Crippen LogP contribution in [0, 0.1) is 11.5 Å². The predicted molar refractivity (Wildman–Crippen MR) is 68.1 cm³/mol. The van der Waals surface area contributed by atoms with Crippen LogP contribution >= 0.6 is 22.6 Å². The van der Waals surface area contributed by atoms with Crippen molar-refractivity contribution in [2.75, 3.05) is 6.26 Å². The van der Waals surface area contributed by atoms with Gasteiger partial charge >= 0.3 is 0 Å². The molecule has 8 heteroatoms. The first-order valence-electron chi connectivity index (χ1n) is 4.35. The molecule has 0 amide bonds. The van der Waals surface area contributed by atoms with E-state index >= 15 is 0 Å². The number of aromatic nitrogens is 1. The molecule has 92 valence electrons. The number of pyridine rings is 1. The molecule has 1 heterocycles. The van der Waals surface area contributed by atoms with Crippen LogP contribution in [0.5, 0.6) is 0 Å². The third-order valence-electron chi connectivity index (χ3n) is 1.90. The van der Waals surface area contributed by atoms with Gasteiger partial charge in [0.2, 0.25) is 6.19 Å². The molecule has 17 heavy (non-hydrogen) atoms. The van der Waals surface area contributed by atoms with Gasteiger partial charge in [0.1, 0.15) is 8.95 Å². The van der Waals surface area contributed by atoms with E-state index in [2.05, 4.69) is 9.35 Å². The Hall–Kier alpha value is -0.820. The third-order valence-corrected chi connectivity index (χ3v) is 6.94. The average molecular weight is 371 g/mol. The first-order valence-corrected chi connectivity index (χ1v) is 7.59. The van der Waals surface area contributed by atoms with Gasteiger partial charge in [0.25, 0.3) is 6.43 Å². The molecule has 0 saturated heterocycles. The maximum atomic E-state index is 12.3. The Morgan fingerprint density at radius 2 is 2.24 bits per heavy atom. The molecule has 0 radical (unpaired) electrons. The molecule has 0 spiro atoms. The number of nitrogens with zero attached hydrogens (tertiary/aromatic N) is 3. The van der Waals surface area contributed by atoms with E-state index in [1.807, 2.05) is 22.6 Å². The van der Waals surface area contributed by atoms with Crippen molar-refractivity contribution in [2.45, 2.75) is 9.68 Å². The van der Waals surface area contributed by atoms with Crippen LogP contribution in [0.25, 0.3) is 0 Å². The van der Waals surface area contributed by atoms with Gasteiger partial charge in [0.05, 0.1) is 9.73 Å². The molecular formula is C9H8F2IN3OS. The van der Waals surface area contributed by atoms with Crippen molar-refractivity contribution in [3.8, 4) is 6.19 Å². The highest BCUT2D eigenvalue weighted by Crippen LogP contribution is 2.30. The SMILES string of the molecule is CS(=O)(=NC#N)C(I)c1ccc(C(F)F)nc1. The Kier molecular flexibility index (Phi) is 4.76. The second-order valence-corrected chi connectivity index (χ2v) is 7.65. The summed E-state index contributed by atoms with van der Waals surface area (Å²) in [4.78, 5) is 3.57. The molecular weight excluding hydrogens is 363 g/mol. The fourth-order valence-corrected chi connectivity index (χ4v) is 2.67. The molecule has 0 fully saturated rings. The monoisotopic (exact) mass is 371 g/mol. The van der Waals surface area contributed by atoms with Gasteiger partial charge in [-0.25, -0.2) is 13.0 Å². The number of hydrogen-bond acceptors (Lipinski definition) is 4. The Morgan fingerprint density at radius 3 is 2.65 bits per heavy atom. The zero-order chi connectivity index (χ0) is 13.1. The van der Waals surface area contributed by atoms with Crippen molar-refractivity contribution in [3.05, 3.63) is 29.6 Å². The highest BCUT2D eigenvalue weighted by molar-refractivity contribution is 14.1. The van der Waals surface area contributed by atoms with E-state index in [4.69, 9.17) is 5.26 Å². The summed E-state index contributed by atoms with van der Waals surface area (Å²) in [5, 5.41) is 8.40. The predicted octanol–water partition coefficient (Wildman–Crippen LogP) is 3.03. The molecule has 1 aromatic rings. The molecule has 0 N–H and O–H groups in total. The summed E-state index contributed by atoms with van der Waals surface area (Å²) in [5.41, 5.74) is 0.165. The standard InChI is InChI=1S/C9H8F2IN3OS/c1-17(16,15-5-13)9(12)6-2-3-7(8(10)11)14-4-6/h2-4,8-9H,1H3. The van der Waals surface area contributed by atoms with Gasteiger partial charge in [-0.2, -0.15) is 5.26 Å². The minimum atomic E-state index is -2.72. The summed E-state index contributed by atoms with van der Waals surface area (Å²) in [5.74, 6) is 0. The summed E-state index contributed by atoms with van der Waals surface area (Å²) in [6, 6.07) is 2.59. The molecule has 0 bridgehead atoms. The van der Waals surface area contributed by atoms with Gasteiger partial charge in [0.15, 0.2) is 0 Å². The Labute approximate surface area is 111 Å². The fraction of sp³-hybridized carbons (Fsp3) is 0.333. The van der Waals surface area contributed by atoms with Gasteiger partial charge in [-0.15, -0.1) is 4.36 Å². The summed E-state index contributed by atoms with van der Waals surface area (Å²) in [6.07, 6.45) is 1.43. The molecule has 1 aromatic heterocycles. The summed E-state index contributed by atoms with van der Waals surface area (Å²) >= 11 is 1.85. The molecule has 2 unspecified atom stereocenters. The summed E-state index contributed by atoms with van der Waals surface area (Å²) < 4.78 is 39.2. The summed E-state index contributed by atoms with van der Waals surface area (Å²) in [6.45, 7) is 0. The van der Waals surface area contributed by atoms with Gasteiger partial charge < -0.3 is 0 Å². The average Bonchev–Trinajstić information content (AvgIpc) is 2.28. The van der Waals surface area contributed by atoms with Crippen molar-refractivity contribution in [1.82, 2.24) is 4.98 Å². The van der Waals surface area contributed by atoms with Crippen molar-refractivity contribution in [2.24, 2.45) is 4.36 Å². The first kappa shape index (κ1) is 14.2. The lowest BCUT2D eigenvalue weighted by Crippen LogP contribution is -2.05. The topological polar surface area (TPSA) is 66.1 Å². The van der Waals surface area contributed by atoms with E-state index in [1.165, 1.54) is 30.8 Å². The van der Waals surface area contributed by atoms with Gasteiger partial charge in [-0.3, -0.25) is 4.98 Å². The van der Waals surface area contributed by atoms with Gasteiger partial charge in [-0.1, -0.05) is 28.7 Å². The summed E-state index contributed by atoms with van der Waals surface area (Å²) in [7, 11) is -2.72. The highest BCUT2D eigenvalue weighted by atomic mass is 127. The zero-order valence-corrected chi connectivity index (χ0v) is 11.7. The van der Waals surface area contributed by atoms with E-state index in [9.17, 15) is 13.0 Å². The Balaban J connectivity index is 3.08. The largest absolute Gasteiger partial charge is 0.280 e. The molecule has 0 aliphatic rings. The van der Waals surface area contributed by atoms with E-state index in [-0.39, 0.29) is 5.69 Å². The second kappa shape index (κ2) is 5.68. The molecule has 0 aliphatic heterocycles. The van der Waals surface area contributed by atoms with Crippen molar-refractivity contribution < 1.29 is 13.0 Å². The normalized spacial score (nSPS) is 16.0. The quantitative estimate of drug-likeness (QED) is 0.466. The maximum Gasteiger partial charge on any atom is 0.280 e. The molecule has 0 aliphatic carbocycles. The van der Waals surface area contributed by atoms with E-state index in [0.717, 1.165) is 0 Å². The van der Waals surface area contributed by atoms with Crippen LogP contribution < -0.4 is 0 Å². The number of alkyl halides is 3. The van der Waals surface area contributed by atoms with Crippen molar-refractivity contribution >= 4 is 32.3 Å². The molecule has 4 nitrogen and oxygen atoms in total. The number of nitriles is 1. The molecule has 1 rings (SSSR count). The van der Waals surface area contributed by atoms with Crippen LogP contribution in [0.2, 0.25) is 0 Å². The first-order chi connectivity index (χ1) is 7.88. The Bertz CT molecular complexity index is 546. The van der Waals surface area contributed by atoms with Crippen LogP contribution in [0.3, 0.4) is 0 Å². The van der Waals surface area contributed by atoms with Crippen LogP contribution in [0.15, 0.2) is 22.7 Å². The second-order valence-electron chi connectivity index (χ2n) is 3.19. The lowest BCUT2D eigenvalue weighted by molar-refractivity contribution is 0.146. The van der Waals surface area contributed by atoms with E-state index in [0.29, 0.717) is 5.56 Å². The lowest BCUT2D eigenvalue weighted by atomic mass is 10.3. The Morgan fingerprint density at radius 1 is 1.59 bits per heavy atom. The third kappa shape index (κ3) is 3.57. The maximum absolute atomic E-state index is 12.3. The van der Waals surface area contributed by atoms with Crippen LogP contribution in [-0.2, 0) is 9.73 Å². The van der Waals surface area contributed by atoms with Gasteiger partial charge in [0, 0.05) is 12.5 Å². The molecule has 0 saturated carbocycles. The minimum absolute atomic E-state index is 0.336. The van der Waals surface area contributed by atoms with E-state index < -0.39 is 19.4 Å². The molecule has 2 atom stereocenters. The van der Waals surface area contributed by atoms with Crippen molar-refractivity contribution in [3.63, 3.8) is 0 Å². The van der Waals surface area contributed by atoms with Crippen LogP contribution in [0.1, 0.15) is 20.9 Å². The van der Waals surface area contributed by atoms with Crippen LogP contribution in [-0.4, -0.2) is 15.4 Å². The smallest absolute Gasteiger partial charge is 0.255 e. The fourth-order valence-electron chi connectivity index (χ4n) is 1.06.